The monoisotopic (exact) mass is 243 g/mol. The van der Waals surface area contributed by atoms with Crippen LogP contribution in [0, 0.1) is 6.92 Å². The van der Waals surface area contributed by atoms with Crippen LogP contribution in [0.3, 0.4) is 0 Å². The van der Waals surface area contributed by atoms with Gasteiger partial charge in [0.1, 0.15) is 4.83 Å². The molecule has 0 aliphatic carbocycles. The van der Waals surface area contributed by atoms with Gasteiger partial charge in [0, 0.05) is 11.9 Å². The van der Waals surface area contributed by atoms with Crippen molar-refractivity contribution in [2.24, 2.45) is 0 Å². The fourth-order valence-electron chi connectivity index (χ4n) is 1.33. The molecular weight excluding hydrogens is 234 g/mol. The van der Waals surface area contributed by atoms with Crippen molar-refractivity contribution in [1.82, 2.24) is 9.97 Å². The van der Waals surface area contributed by atoms with E-state index >= 15 is 0 Å². The lowest BCUT2D eigenvalue weighted by molar-refractivity contribution is 0.183. The summed E-state index contributed by atoms with van der Waals surface area (Å²) in [6.45, 7) is 2.02. The van der Waals surface area contributed by atoms with Crippen molar-refractivity contribution in [2.45, 2.75) is 6.92 Å². The minimum Gasteiger partial charge on any atom is -0.276 e. The maximum Gasteiger partial charge on any atom is 0.225 e. The van der Waals surface area contributed by atoms with Crippen LogP contribution < -0.4 is 5.06 Å². The number of nitrogens with zero attached hydrogens (tertiary/aromatic N) is 3. The molecular formula is C9H10ClN3OS. The summed E-state index contributed by atoms with van der Waals surface area (Å²) in [6.07, 6.45) is 0. The molecule has 4 nitrogen and oxygen atoms in total. The van der Waals surface area contributed by atoms with E-state index in [1.807, 2.05) is 13.0 Å². The highest BCUT2D eigenvalue weighted by atomic mass is 35.5. The summed E-state index contributed by atoms with van der Waals surface area (Å²) >= 11 is 7.43. The Balaban J connectivity index is 2.70. The Hall–Kier alpha value is -0.910. The minimum absolute atomic E-state index is 0.239. The van der Waals surface area contributed by atoms with E-state index in [9.17, 15) is 0 Å². The molecule has 2 heterocycles. The average Bonchev–Trinajstić information content (AvgIpc) is 2.55. The molecule has 0 atom stereocenters. The zero-order chi connectivity index (χ0) is 11.0. The molecule has 6 heteroatoms. The van der Waals surface area contributed by atoms with Gasteiger partial charge in [-0.3, -0.25) is 4.84 Å². The predicted molar refractivity (Wildman–Crippen MR) is 62.6 cm³/mol. The predicted octanol–water partition coefficient (Wildman–Crippen LogP) is 2.65. The number of aromatic nitrogens is 2. The van der Waals surface area contributed by atoms with Crippen molar-refractivity contribution in [2.75, 3.05) is 19.2 Å². The van der Waals surface area contributed by atoms with Crippen molar-refractivity contribution in [3.8, 4) is 0 Å². The molecule has 2 aromatic rings. The highest BCUT2D eigenvalue weighted by Crippen LogP contribution is 2.30. The Morgan fingerprint density at radius 1 is 1.47 bits per heavy atom. The zero-order valence-electron chi connectivity index (χ0n) is 8.61. The molecule has 2 aromatic heterocycles. The summed E-state index contributed by atoms with van der Waals surface area (Å²) in [7, 11) is 3.37. The molecule has 0 aliphatic rings. The van der Waals surface area contributed by atoms with E-state index in [2.05, 4.69) is 9.97 Å². The topological polar surface area (TPSA) is 38.2 Å². The van der Waals surface area contributed by atoms with Crippen LogP contribution in [-0.4, -0.2) is 24.1 Å². The summed E-state index contributed by atoms with van der Waals surface area (Å²) in [5.41, 5.74) is 0. The van der Waals surface area contributed by atoms with E-state index in [1.165, 1.54) is 4.88 Å². The summed E-state index contributed by atoms with van der Waals surface area (Å²) in [4.78, 5) is 15.5. The Morgan fingerprint density at radius 2 is 2.20 bits per heavy atom. The van der Waals surface area contributed by atoms with Crippen molar-refractivity contribution in [3.05, 3.63) is 16.2 Å². The lowest BCUT2D eigenvalue weighted by Crippen LogP contribution is -2.16. The van der Waals surface area contributed by atoms with Gasteiger partial charge in [-0.1, -0.05) is 0 Å². The fraction of sp³-hybridized carbons (Fsp3) is 0.333. The smallest absolute Gasteiger partial charge is 0.225 e. The number of fused-ring (bicyclic) bond motifs is 1. The molecule has 2 rings (SSSR count). The normalized spacial score (nSPS) is 10.9. The van der Waals surface area contributed by atoms with Crippen LogP contribution >= 0.6 is 22.9 Å². The van der Waals surface area contributed by atoms with E-state index in [4.69, 9.17) is 16.4 Å². The number of hydrogen-bond acceptors (Lipinski definition) is 5. The van der Waals surface area contributed by atoms with Crippen LogP contribution in [0.25, 0.3) is 10.2 Å². The molecule has 0 fully saturated rings. The van der Waals surface area contributed by atoms with Crippen molar-refractivity contribution >= 4 is 39.0 Å². The van der Waals surface area contributed by atoms with E-state index < -0.39 is 0 Å². The number of hydroxylamine groups is 1. The summed E-state index contributed by atoms with van der Waals surface area (Å²) in [5, 5.41) is 2.77. The van der Waals surface area contributed by atoms with Crippen molar-refractivity contribution in [3.63, 3.8) is 0 Å². The van der Waals surface area contributed by atoms with Gasteiger partial charge >= 0.3 is 0 Å². The minimum atomic E-state index is 0.239. The number of halogens is 1. The van der Waals surface area contributed by atoms with E-state index in [-0.39, 0.29) is 5.28 Å². The van der Waals surface area contributed by atoms with Crippen LogP contribution in [0.15, 0.2) is 6.07 Å². The maximum atomic E-state index is 5.84. The van der Waals surface area contributed by atoms with Crippen LogP contribution in [0.4, 0.5) is 5.82 Å². The first kappa shape index (κ1) is 10.6. The highest BCUT2D eigenvalue weighted by molar-refractivity contribution is 7.18. The first-order chi connectivity index (χ1) is 7.11. The van der Waals surface area contributed by atoms with Gasteiger partial charge in [-0.05, 0) is 24.6 Å². The molecule has 0 saturated heterocycles. The second-order valence-corrected chi connectivity index (χ2v) is 4.64. The van der Waals surface area contributed by atoms with Gasteiger partial charge < -0.3 is 0 Å². The lowest BCUT2D eigenvalue weighted by atomic mass is 10.3. The number of aryl methyl sites for hydroxylation is 1. The van der Waals surface area contributed by atoms with Crippen LogP contribution in [0.5, 0.6) is 0 Å². The maximum absolute atomic E-state index is 5.84. The summed E-state index contributed by atoms with van der Waals surface area (Å²) in [5.74, 6) is 0.692. The van der Waals surface area contributed by atoms with Gasteiger partial charge in [0.05, 0.1) is 12.5 Å². The van der Waals surface area contributed by atoms with Gasteiger partial charge in [0.15, 0.2) is 5.82 Å². The Labute approximate surface area is 96.4 Å². The zero-order valence-corrected chi connectivity index (χ0v) is 10.2. The highest BCUT2D eigenvalue weighted by Gasteiger charge is 2.12. The van der Waals surface area contributed by atoms with Gasteiger partial charge in [-0.15, -0.1) is 11.3 Å². The standard InChI is InChI=1S/C9H10ClN3OS/c1-5-4-6-7(13(2)14-3)11-9(10)12-8(6)15-5/h4H,1-3H3. The Bertz CT molecular complexity index is 499. The first-order valence-electron chi connectivity index (χ1n) is 4.33. The molecule has 0 bridgehead atoms. The Kier molecular flexibility index (Phi) is 2.77. The van der Waals surface area contributed by atoms with Gasteiger partial charge in [-0.2, -0.15) is 4.98 Å². The second kappa shape index (κ2) is 3.92. The molecule has 0 N–H and O–H groups in total. The molecule has 0 spiro atoms. The molecule has 0 radical (unpaired) electrons. The van der Waals surface area contributed by atoms with E-state index in [0.29, 0.717) is 5.82 Å². The van der Waals surface area contributed by atoms with Crippen LogP contribution in [-0.2, 0) is 4.84 Å². The number of rotatable bonds is 2. The first-order valence-corrected chi connectivity index (χ1v) is 5.53. The molecule has 15 heavy (non-hydrogen) atoms. The summed E-state index contributed by atoms with van der Waals surface area (Å²) in [6, 6.07) is 2.03. The lowest BCUT2D eigenvalue weighted by Gasteiger charge is -2.15. The largest absolute Gasteiger partial charge is 0.276 e. The summed E-state index contributed by atoms with van der Waals surface area (Å²) < 4.78 is 0. The van der Waals surface area contributed by atoms with Gasteiger partial charge in [0.2, 0.25) is 5.28 Å². The van der Waals surface area contributed by atoms with Crippen LogP contribution in [0.2, 0.25) is 5.28 Å². The van der Waals surface area contributed by atoms with Gasteiger partial charge in [-0.25, -0.2) is 10.0 Å². The second-order valence-electron chi connectivity index (χ2n) is 3.07. The SMILES string of the molecule is CON(C)c1nc(Cl)nc2sc(C)cc12. The number of hydrogen-bond donors (Lipinski definition) is 0. The third kappa shape index (κ3) is 1.90. The fourth-order valence-corrected chi connectivity index (χ4v) is 2.42. The molecule has 0 unspecified atom stereocenters. The quantitative estimate of drug-likeness (QED) is 0.600. The molecule has 0 saturated carbocycles. The van der Waals surface area contributed by atoms with E-state index in [0.717, 1.165) is 10.2 Å². The molecule has 0 aliphatic heterocycles. The third-order valence-corrected chi connectivity index (χ3v) is 3.15. The molecule has 0 aromatic carbocycles. The van der Waals surface area contributed by atoms with Crippen molar-refractivity contribution in [1.29, 1.82) is 0 Å². The van der Waals surface area contributed by atoms with E-state index in [1.54, 1.807) is 30.6 Å². The molecule has 0 amide bonds. The Morgan fingerprint density at radius 3 is 2.87 bits per heavy atom. The van der Waals surface area contributed by atoms with Gasteiger partial charge in [0.25, 0.3) is 0 Å². The molecule has 80 valence electrons. The number of thiophene rings is 1. The van der Waals surface area contributed by atoms with Crippen molar-refractivity contribution < 1.29 is 4.84 Å². The third-order valence-electron chi connectivity index (χ3n) is 2.04. The van der Waals surface area contributed by atoms with Crippen LogP contribution in [0.1, 0.15) is 4.88 Å². The average molecular weight is 244 g/mol. The number of anilines is 1.